The van der Waals surface area contributed by atoms with E-state index in [2.05, 4.69) is 32.2 Å². The second-order valence-electron chi connectivity index (χ2n) is 5.10. The number of nitrogens with one attached hydrogen (secondary N) is 1. The highest BCUT2D eigenvalue weighted by Gasteiger charge is 2.07. The number of hydrogen-bond donors (Lipinski definition) is 1. The van der Waals surface area contributed by atoms with Crippen molar-refractivity contribution in [1.29, 1.82) is 0 Å². The number of rotatable bonds is 7. The fourth-order valence-electron chi connectivity index (χ4n) is 2.07. The van der Waals surface area contributed by atoms with E-state index < -0.39 is 0 Å². The number of hydrogen-bond acceptors (Lipinski definition) is 3. The molecule has 1 rings (SSSR count). The molecule has 0 amide bonds. The van der Waals surface area contributed by atoms with Gasteiger partial charge in [0.15, 0.2) is 11.5 Å². The van der Waals surface area contributed by atoms with Crippen molar-refractivity contribution in [3.63, 3.8) is 0 Å². The van der Waals surface area contributed by atoms with Gasteiger partial charge in [-0.3, -0.25) is 0 Å². The Hall–Kier alpha value is -1.22. The number of benzene rings is 1. The van der Waals surface area contributed by atoms with Gasteiger partial charge in [0.25, 0.3) is 0 Å². The van der Waals surface area contributed by atoms with Crippen molar-refractivity contribution < 1.29 is 9.47 Å². The van der Waals surface area contributed by atoms with Crippen LogP contribution >= 0.6 is 0 Å². The quantitative estimate of drug-likeness (QED) is 0.807. The van der Waals surface area contributed by atoms with Gasteiger partial charge in [0.05, 0.1) is 14.2 Å². The van der Waals surface area contributed by atoms with Crippen LogP contribution in [0.25, 0.3) is 0 Å². The average Bonchev–Trinajstić information content (AvgIpc) is 2.35. The molecule has 0 bridgehead atoms. The largest absolute Gasteiger partial charge is 0.493 e. The molecule has 0 aliphatic rings. The van der Waals surface area contributed by atoms with Gasteiger partial charge >= 0.3 is 0 Å². The van der Waals surface area contributed by atoms with Crippen LogP contribution in [0, 0.1) is 5.92 Å². The summed E-state index contributed by atoms with van der Waals surface area (Å²) in [5, 5.41) is 3.52. The minimum atomic E-state index is 0.526. The minimum absolute atomic E-state index is 0.526. The molecular formula is C15H25NO2. The van der Waals surface area contributed by atoms with Crippen LogP contribution in [0.2, 0.25) is 0 Å². The summed E-state index contributed by atoms with van der Waals surface area (Å²) >= 11 is 0. The molecular weight excluding hydrogens is 226 g/mol. The van der Waals surface area contributed by atoms with Gasteiger partial charge in [-0.15, -0.1) is 0 Å². The van der Waals surface area contributed by atoms with Crippen molar-refractivity contribution >= 4 is 0 Å². The van der Waals surface area contributed by atoms with E-state index in [1.54, 1.807) is 14.2 Å². The van der Waals surface area contributed by atoms with Gasteiger partial charge < -0.3 is 14.8 Å². The molecule has 1 aromatic carbocycles. The molecule has 1 unspecified atom stereocenters. The molecule has 0 saturated heterocycles. The van der Waals surface area contributed by atoms with Gasteiger partial charge in [0, 0.05) is 12.6 Å². The van der Waals surface area contributed by atoms with E-state index in [0.29, 0.717) is 6.04 Å². The van der Waals surface area contributed by atoms with Crippen LogP contribution in [0.15, 0.2) is 18.2 Å². The lowest BCUT2D eigenvalue weighted by Crippen LogP contribution is -2.26. The SMILES string of the molecule is COc1ccc(CNC(C)CC(C)C)cc1OC. The number of ether oxygens (including phenoxy) is 2. The summed E-state index contributed by atoms with van der Waals surface area (Å²) in [5.41, 5.74) is 1.21. The topological polar surface area (TPSA) is 30.5 Å². The minimum Gasteiger partial charge on any atom is -0.493 e. The Morgan fingerprint density at radius 1 is 1.06 bits per heavy atom. The molecule has 0 fully saturated rings. The highest BCUT2D eigenvalue weighted by atomic mass is 16.5. The summed E-state index contributed by atoms with van der Waals surface area (Å²) in [6.45, 7) is 7.57. The van der Waals surface area contributed by atoms with Gasteiger partial charge in [-0.2, -0.15) is 0 Å². The summed E-state index contributed by atoms with van der Waals surface area (Å²) in [6.07, 6.45) is 1.19. The summed E-state index contributed by atoms with van der Waals surface area (Å²) < 4.78 is 10.5. The van der Waals surface area contributed by atoms with Crippen LogP contribution in [-0.2, 0) is 6.54 Å². The van der Waals surface area contributed by atoms with Crippen LogP contribution < -0.4 is 14.8 Å². The van der Waals surface area contributed by atoms with Crippen LogP contribution in [0.3, 0.4) is 0 Å². The van der Waals surface area contributed by atoms with E-state index in [0.717, 1.165) is 24.0 Å². The van der Waals surface area contributed by atoms with Crippen molar-refractivity contribution in [2.24, 2.45) is 5.92 Å². The molecule has 1 aromatic rings. The third-order valence-corrected chi connectivity index (χ3v) is 2.93. The summed E-state index contributed by atoms with van der Waals surface area (Å²) in [7, 11) is 3.32. The fourth-order valence-corrected chi connectivity index (χ4v) is 2.07. The van der Waals surface area contributed by atoms with Crippen LogP contribution in [0.5, 0.6) is 11.5 Å². The molecule has 102 valence electrons. The highest BCUT2D eigenvalue weighted by Crippen LogP contribution is 2.27. The Morgan fingerprint density at radius 2 is 1.72 bits per heavy atom. The second kappa shape index (κ2) is 7.27. The lowest BCUT2D eigenvalue weighted by atomic mass is 10.0. The third-order valence-electron chi connectivity index (χ3n) is 2.93. The van der Waals surface area contributed by atoms with Crippen molar-refractivity contribution in [2.75, 3.05) is 14.2 Å². The molecule has 0 heterocycles. The first-order valence-electron chi connectivity index (χ1n) is 6.51. The lowest BCUT2D eigenvalue weighted by Gasteiger charge is -2.16. The van der Waals surface area contributed by atoms with Gasteiger partial charge in [0.2, 0.25) is 0 Å². The van der Waals surface area contributed by atoms with Gasteiger partial charge in [0.1, 0.15) is 0 Å². The van der Waals surface area contributed by atoms with Gasteiger partial charge in [-0.25, -0.2) is 0 Å². The molecule has 0 aliphatic heterocycles. The second-order valence-corrected chi connectivity index (χ2v) is 5.10. The molecule has 0 aromatic heterocycles. The fraction of sp³-hybridized carbons (Fsp3) is 0.600. The molecule has 1 N–H and O–H groups in total. The highest BCUT2D eigenvalue weighted by molar-refractivity contribution is 5.42. The maximum Gasteiger partial charge on any atom is 0.161 e. The summed E-state index contributed by atoms with van der Waals surface area (Å²) in [6, 6.07) is 6.56. The number of methoxy groups -OCH3 is 2. The molecule has 1 atom stereocenters. The van der Waals surface area contributed by atoms with Crippen LogP contribution in [0.1, 0.15) is 32.8 Å². The predicted molar refractivity (Wildman–Crippen MR) is 75.3 cm³/mol. The molecule has 18 heavy (non-hydrogen) atoms. The molecule has 3 nitrogen and oxygen atoms in total. The van der Waals surface area contributed by atoms with Gasteiger partial charge in [-0.1, -0.05) is 19.9 Å². The zero-order valence-corrected chi connectivity index (χ0v) is 12.1. The Bertz CT molecular complexity index is 364. The van der Waals surface area contributed by atoms with Crippen molar-refractivity contribution in [1.82, 2.24) is 5.32 Å². The Morgan fingerprint density at radius 3 is 2.28 bits per heavy atom. The van der Waals surface area contributed by atoms with E-state index in [9.17, 15) is 0 Å². The smallest absolute Gasteiger partial charge is 0.161 e. The van der Waals surface area contributed by atoms with Crippen LogP contribution in [0.4, 0.5) is 0 Å². The van der Waals surface area contributed by atoms with Gasteiger partial charge in [-0.05, 0) is 37.0 Å². The van der Waals surface area contributed by atoms with Crippen LogP contribution in [-0.4, -0.2) is 20.3 Å². The molecule has 3 heteroatoms. The first-order chi connectivity index (χ1) is 8.56. The normalized spacial score (nSPS) is 12.6. The van der Waals surface area contributed by atoms with E-state index in [-0.39, 0.29) is 0 Å². The van der Waals surface area contributed by atoms with E-state index >= 15 is 0 Å². The Labute approximate surface area is 110 Å². The molecule has 0 radical (unpaired) electrons. The monoisotopic (exact) mass is 251 g/mol. The first kappa shape index (κ1) is 14.8. The Balaban J connectivity index is 2.57. The zero-order valence-electron chi connectivity index (χ0n) is 12.1. The molecule has 0 aliphatic carbocycles. The lowest BCUT2D eigenvalue weighted by molar-refractivity contribution is 0.354. The summed E-state index contributed by atoms with van der Waals surface area (Å²) in [4.78, 5) is 0. The summed E-state index contributed by atoms with van der Waals surface area (Å²) in [5.74, 6) is 2.28. The predicted octanol–water partition coefficient (Wildman–Crippen LogP) is 3.23. The van der Waals surface area contributed by atoms with Crippen molar-refractivity contribution in [3.05, 3.63) is 23.8 Å². The van der Waals surface area contributed by atoms with E-state index in [1.165, 1.54) is 12.0 Å². The molecule has 0 spiro atoms. The van der Waals surface area contributed by atoms with E-state index in [4.69, 9.17) is 9.47 Å². The van der Waals surface area contributed by atoms with Crippen molar-refractivity contribution in [2.45, 2.75) is 39.8 Å². The van der Waals surface area contributed by atoms with Crippen molar-refractivity contribution in [3.8, 4) is 11.5 Å². The zero-order chi connectivity index (χ0) is 13.5. The Kier molecular flexibility index (Phi) is 5.99. The van der Waals surface area contributed by atoms with E-state index in [1.807, 2.05) is 12.1 Å². The first-order valence-corrected chi connectivity index (χ1v) is 6.51. The average molecular weight is 251 g/mol. The maximum atomic E-state index is 5.30. The molecule has 0 saturated carbocycles. The third kappa shape index (κ3) is 4.57. The maximum absolute atomic E-state index is 5.30. The standard InChI is InChI=1S/C15H25NO2/c1-11(2)8-12(3)16-10-13-6-7-14(17-4)15(9-13)18-5/h6-7,9,11-12,16H,8,10H2,1-5H3.